The first-order valence-electron chi connectivity index (χ1n) is 7.33. The summed E-state index contributed by atoms with van der Waals surface area (Å²) < 4.78 is 10.8. The third-order valence-electron chi connectivity index (χ3n) is 3.18. The molecular weight excluding hydrogens is 365 g/mol. The third-order valence-corrected chi connectivity index (χ3v) is 3.68. The van der Waals surface area contributed by atoms with Crippen molar-refractivity contribution in [2.24, 2.45) is 0 Å². The Bertz CT molecular complexity index is 848. The van der Waals surface area contributed by atoms with Gasteiger partial charge in [-0.1, -0.05) is 23.2 Å². The van der Waals surface area contributed by atoms with Crippen LogP contribution in [0.4, 0.5) is 0 Å². The van der Waals surface area contributed by atoms with Gasteiger partial charge < -0.3 is 14.5 Å². The fourth-order valence-electron chi connectivity index (χ4n) is 1.94. The Balaban J connectivity index is 1.49. The number of nitrogens with zero attached hydrogens (tertiary/aromatic N) is 2. The second-order valence-corrected chi connectivity index (χ2v) is 5.90. The van der Waals surface area contributed by atoms with Crippen molar-refractivity contribution in [2.45, 2.75) is 6.54 Å². The van der Waals surface area contributed by atoms with Gasteiger partial charge in [0, 0.05) is 15.6 Å². The Kier molecular flexibility index (Phi) is 5.53. The van der Waals surface area contributed by atoms with Gasteiger partial charge in [-0.25, -0.2) is 0 Å². The molecule has 0 aliphatic heterocycles. The number of nitrogens with one attached hydrogen (secondary N) is 1. The van der Waals surface area contributed by atoms with Crippen LogP contribution in [0.25, 0.3) is 11.5 Å². The van der Waals surface area contributed by atoms with Crippen molar-refractivity contribution in [1.29, 1.82) is 0 Å². The van der Waals surface area contributed by atoms with Crippen LogP contribution in [-0.2, 0) is 11.3 Å². The lowest BCUT2D eigenvalue weighted by Gasteiger charge is -2.06. The number of carbonyl (C=O) groups excluding carboxylic acids is 1. The largest absolute Gasteiger partial charge is 0.484 e. The summed E-state index contributed by atoms with van der Waals surface area (Å²) in [7, 11) is 0. The molecule has 0 radical (unpaired) electrons. The second kappa shape index (κ2) is 8.00. The van der Waals surface area contributed by atoms with Crippen molar-refractivity contribution in [3.05, 3.63) is 64.5 Å². The molecule has 8 heteroatoms. The summed E-state index contributed by atoms with van der Waals surface area (Å²) in [6.07, 6.45) is 0. The van der Waals surface area contributed by atoms with Gasteiger partial charge in [-0.2, -0.15) is 0 Å². The number of halogens is 2. The van der Waals surface area contributed by atoms with E-state index in [1.807, 2.05) is 0 Å². The molecule has 1 amide bonds. The number of hydrogen-bond acceptors (Lipinski definition) is 5. The van der Waals surface area contributed by atoms with E-state index in [9.17, 15) is 4.79 Å². The summed E-state index contributed by atoms with van der Waals surface area (Å²) in [5, 5.41) is 11.7. The fraction of sp³-hybridized carbons (Fsp3) is 0.118. The topological polar surface area (TPSA) is 77.2 Å². The number of rotatable bonds is 6. The maximum absolute atomic E-state index is 11.8. The highest BCUT2D eigenvalue weighted by Crippen LogP contribution is 2.20. The predicted molar refractivity (Wildman–Crippen MR) is 93.5 cm³/mol. The van der Waals surface area contributed by atoms with E-state index < -0.39 is 0 Å². The van der Waals surface area contributed by atoms with E-state index in [0.29, 0.717) is 27.6 Å². The molecule has 0 saturated heterocycles. The van der Waals surface area contributed by atoms with Crippen molar-refractivity contribution in [3.8, 4) is 17.2 Å². The SMILES string of the molecule is O=C(COc1ccc(Cl)cc1)NCc1nnc(-c2ccc(Cl)cc2)o1. The van der Waals surface area contributed by atoms with Crippen LogP contribution in [0.5, 0.6) is 5.75 Å². The number of carbonyl (C=O) groups is 1. The number of amides is 1. The lowest BCUT2D eigenvalue weighted by molar-refractivity contribution is -0.123. The lowest BCUT2D eigenvalue weighted by atomic mass is 10.2. The van der Waals surface area contributed by atoms with E-state index in [1.165, 1.54) is 0 Å². The highest BCUT2D eigenvalue weighted by molar-refractivity contribution is 6.30. The normalized spacial score (nSPS) is 10.5. The van der Waals surface area contributed by atoms with Crippen LogP contribution < -0.4 is 10.1 Å². The predicted octanol–water partition coefficient (Wildman–Crippen LogP) is 3.74. The van der Waals surface area contributed by atoms with E-state index in [0.717, 1.165) is 5.56 Å². The standard InChI is InChI=1S/C17H13Cl2N3O3/c18-12-3-1-11(2-4-12)17-22-21-16(25-17)9-20-15(23)10-24-14-7-5-13(19)6-8-14/h1-8H,9-10H2,(H,20,23). The Morgan fingerprint density at radius 2 is 1.64 bits per heavy atom. The quantitative estimate of drug-likeness (QED) is 0.707. The number of benzene rings is 2. The molecule has 0 atom stereocenters. The van der Waals surface area contributed by atoms with Gasteiger partial charge in [0.25, 0.3) is 5.91 Å². The molecule has 128 valence electrons. The van der Waals surface area contributed by atoms with Crippen molar-refractivity contribution in [2.75, 3.05) is 6.61 Å². The first-order valence-corrected chi connectivity index (χ1v) is 8.09. The molecule has 6 nitrogen and oxygen atoms in total. The van der Waals surface area contributed by atoms with Crippen molar-refractivity contribution in [1.82, 2.24) is 15.5 Å². The van der Waals surface area contributed by atoms with Crippen LogP contribution in [0, 0.1) is 0 Å². The maximum atomic E-state index is 11.8. The van der Waals surface area contributed by atoms with Crippen molar-refractivity contribution < 1.29 is 13.9 Å². The first kappa shape index (κ1) is 17.3. The molecule has 0 saturated carbocycles. The van der Waals surface area contributed by atoms with Gasteiger partial charge in [0.05, 0.1) is 6.54 Å². The smallest absolute Gasteiger partial charge is 0.258 e. The van der Waals surface area contributed by atoms with Crippen molar-refractivity contribution >= 4 is 29.1 Å². The van der Waals surface area contributed by atoms with Gasteiger partial charge in [-0.05, 0) is 48.5 Å². The average Bonchev–Trinajstić information content (AvgIpc) is 3.09. The molecule has 0 fully saturated rings. The highest BCUT2D eigenvalue weighted by atomic mass is 35.5. The molecule has 1 N–H and O–H groups in total. The van der Waals surface area contributed by atoms with Crippen LogP contribution in [0.1, 0.15) is 5.89 Å². The Morgan fingerprint density at radius 3 is 2.32 bits per heavy atom. The van der Waals surface area contributed by atoms with E-state index >= 15 is 0 Å². The van der Waals surface area contributed by atoms with E-state index in [2.05, 4.69) is 15.5 Å². The molecule has 0 aliphatic carbocycles. The summed E-state index contributed by atoms with van der Waals surface area (Å²) in [4.78, 5) is 11.8. The molecule has 3 aromatic rings. The molecule has 2 aromatic carbocycles. The van der Waals surface area contributed by atoms with Gasteiger partial charge >= 0.3 is 0 Å². The van der Waals surface area contributed by atoms with Gasteiger partial charge in [0.15, 0.2) is 6.61 Å². The Labute approximate surface area is 153 Å². The first-order chi connectivity index (χ1) is 12.1. The molecule has 0 unspecified atom stereocenters. The average molecular weight is 378 g/mol. The molecule has 25 heavy (non-hydrogen) atoms. The Hall–Kier alpha value is -2.57. The summed E-state index contributed by atoms with van der Waals surface area (Å²) in [6, 6.07) is 13.8. The van der Waals surface area contributed by atoms with Crippen LogP contribution >= 0.6 is 23.2 Å². The molecule has 1 aromatic heterocycles. The van der Waals surface area contributed by atoms with Gasteiger partial charge in [-0.15, -0.1) is 10.2 Å². The van der Waals surface area contributed by atoms with Crippen LogP contribution in [0.3, 0.4) is 0 Å². The minimum Gasteiger partial charge on any atom is -0.484 e. The summed E-state index contributed by atoms with van der Waals surface area (Å²) >= 11 is 11.6. The second-order valence-electron chi connectivity index (χ2n) is 5.03. The number of ether oxygens (including phenoxy) is 1. The van der Waals surface area contributed by atoms with Gasteiger partial charge in [0.2, 0.25) is 11.8 Å². The summed E-state index contributed by atoms with van der Waals surface area (Å²) in [5.74, 6) is 0.909. The van der Waals surface area contributed by atoms with Crippen LogP contribution in [-0.4, -0.2) is 22.7 Å². The molecule has 3 rings (SSSR count). The minimum absolute atomic E-state index is 0.114. The molecular formula is C17H13Cl2N3O3. The molecule has 0 aliphatic rings. The minimum atomic E-state index is -0.304. The van der Waals surface area contributed by atoms with E-state index in [4.69, 9.17) is 32.4 Å². The summed E-state index contributed by atoms with van der Waals surface area (Å²) in [6.45, 7) is -0.0107. The van der Waals surface area contributed by atoms with Crippen LogP contribution in [0.15, 0.2) is 52.9 Å². The lowest BCUT2D eigenvalue weighted by Crippen LogP contribution is -2.28. The summed E-state index contributed by atoms with van der Waals surface area (Å²) in [5.41, 5.74) is 0.751. The Morgan fingerprint density at radius 1 is 1.00 bits per heavy atom. The zero-order valence-electron chi connectivity index (χ0n) is 12.9. The van der Waals surface area contributed by atoms with Crippen molar-refractivity contribution in [3.63, 3.8) is 0 Å². The highest BCUT2D eigenvalue weighted by Gasteiger charge is 2.10. The third kappa shape index (κ3) is 4.95. The van der Waals surface area contributed by atoms with Gasteiger partial charge in [-0.3, -0.25) is 4.79 Å². The number of hydrogen-bond donors (Lipinski definition) is 1. The van der Waals surface area contributed by atoms with E-state index in [-0.39, 0.29) is 19.1 Å². The number of aromatic nitrogens is 2. The zero-order chi connectivity index (χ0) is 17.6. The molecule has 1 heterocycles. The molecule has 0 spiro atoms. The fourth-order valence-corrected chi connectivity index (χ4v) is 2.19. The monoisotopic (exact) mass is 377 g/mol. The molecule has 0 bridgehead atoms. The van der Waals surface area contributed by atoms with E-state index in [1.54, 1.807) is 48.5 Å². The van der Waals surface area contributed by atoms with Gasteiger partial charge in [0.1, 0.15) is 5.75 Å². The maximum Gasteiger partial charge on any atom is 0.258 e. The zero-order valence-corrected chi connectivity index (χ0v) is 14.4. The van der Waals surface area contributed by atoms with Crippen LogP contribution in [0.2, 0.25) is 10.0 Å².